The summed E-state index contributed by atoms with van der Waals surface area (Å²) in [5.74, 6) is 6.49. The molecule has 0 aliphatic rings. The zero-order chi connectivity index (χ0) is 14.8. The van der Waals surface area contributed by atoms with E-state index in [1.54, 1.807) is 0 Å². The number of pyridine rings is 2. The summed E-state index contributed by atoms with van der Waals surface area (Å²) in [6.45, 7) is 0. The topological polar surface area (TPSA) is 25.8 Å². The quantitative estimate of drug-likeness (QED) is 0.451. The first-order valence-corrected chi connectivity index (χ1v) is 7.09. The first kappa shape index (κ1) is 12.6. The van der Waals surface area contributed by atoms with Gasteiger partial charge in [-0.1, -0.05) is 60.4 Å². The third kappa shape index (κ3) is 2.19. The van der Waals surface area contributed by atoms with Gasteiger partial charge in [-0.25, -0.2) is 0 Å². The number of aromatic nitrogens is 2. The van der Waals surface area contributed by atoms with Crippen LogP contribution in [0, 0.1) is 11.8 Å². The minimum absolute atomic E-state index is 0.936. The summed E-state index contributed by atoms with van der Waals surface area (Å²) in [5.41, 5.74) is 1.87. The SMILES string of the molecule is C(#Cc1cncc2ccccc12)c1cncc2ccccc12. The van der Waals surface area contributed by atoms with E-state index in [-0.39, 0.29) is 0 Å². The molecule has 0 fully saturated rings. The normalized spacial score (nSPS) is 10.4. The maximum Gasteiger partial charge on any atom is 0.0510 e. The lowest BCUT2D eigenvalue weighted by atomic mass is 10.1. The molecular weight excluding hydrogens is 268 g/mol. The van der Waals surface area contributed by atoms with E-state index in [1.807, 2.05) is 61.2 Å². The summed E-state index contributed by atoms with van der Waals surface area (Å²) in [6.07, 6.45) is 7.35. The van der Waals surface area contributed by atoms with E-state index in [0.717, 1.165) is 32.7 Å². The van der Waals surface area contributed by atoms with Crippen molar-refractivity contribution in [2.75, 3.05) is 0 Å². The number of rotatable bonds is 0. The van der Waals surface area contributed by atoms with Gasteiger partial charge in [0.1, 0.15) is 0 Å². The molecule has 0 saturated heterocycles. The minimum atomic E-state index is 0.936. The Hall–Kier alpha value is -3.18. The maximum absolute atomic E-state index is 4.27. The fraction of sp³-hybridized carbons (Fsp3) is 0. The van der Waals surface area contributed by atoms with Gasteiger partial charge in [0.25, 0.3) is 0 Å². The summed E-state index contributed by atoms with van der Waals surface area (Å²) in [6, 6.07) is 16.3. The lowest BCUT2D eigenvalue weighted by molar-refractivity contribution is 1.34. The maximum atomic E-state index is 4.27. The number of fused-ring (bicyclic) bond motifs is 2. The second-order valence-corrected chi connectivity index (χ2v) is 5.07. The lowest BCUT2D eigenvalue weighted by Crippen LogP contribution is -1.84. The van der Waals surface area contributed by atoms with Crippen LogP contribution in [-0.4, -0.2) is 9.97 Å². The number of nitrogens with zero attached hydrogens (tertiary/aromatic N) is 2. The van der Waals surface area contributed by atoms with Gasteiger partial charge >= 0.3 is 0 Å². The van der Waals surface area contributed by atoms with Crippen LogP contribution in [0.3, 0.4) is 0 Å². The molecule has 4 aromatic rings. The number of benzene rings is 2. The van der Waals surface area contributed by atoms with Gasteiger partial charge in [0.15, 0.2) is 0 Å². The molecule has 2 nitrogen and oxygen atoms in total. The molecule has 2 aromatic heterocycles. The highest BCUT2D eigenvalue weighted by molar-refractivity contribution is 5.89. The molecule has 0 radical (unpaired) electrons. The van der Waals surface area contributed by atoms with E-state index in [4.69, 9.17) is 0 Å². The molecule has 0 N–H and O–H groups in total. The molecule has 4 rings (SSSR count). The monoisotopic (exact) mass is 280 g/mol. The van der Waals surface area contributed by atoms with Crippen molar-refractivity contribution < 1.29 is 0 Å². The molecule has 2 aromatic carbocycles. The molecule has 0 atom stereocenters. The Labute approximate surface area is 128 Å². The molecular formula is C20H12N2. The second kappa shape index (κ2) is 5.31. The van der Waals surface area contributed by atoms with Crippen LogP contribution >= 0.6 is 0 Å². The third-order valence-corrected chi connectivity index (χ3v) is 3.67. The van der Waals surface area contributed by atoms with Crippen molar-refractivity contribution in [2.24, 2.45) is 0 Å². The van der Waals surface area contributed by atoms with Crippen molar-refractivity contribution in [3.8, 4) is 11.8 Å². The van der Waals surface area contributed by atoms with Gasteiger partial charge in [0, 0.05) is 46.3 Å². The van der Waals surface area contributed by atoms with Crippen LogP contribution in [-0.2, 0) is 0 Å². The number of hydrogen-bond acceptors (Lipinski definition) is 2. The van der Waals surface area contributed by atoms with E-state index in [9.17, 15) is 0 Å². The summed E-state index contributed by atoms with van der Waals surface area (Å²) in [7, 11) is 0. The van der Waals surface area contributed by atoms with E-state index < -0.39 is 0 Å². The van der Waals surface area contributed by atoms with E-state index in [2.05, 4.69) is 33.9 Å². The largest absolute Gasteiger partial charge is 0.263 e. The zero-order valence-electron chi connectivity index (χ0n) is 11.8. The van der Waals surface area contributed by atoms with Crippen LogP contribution in [0.25, 0.3) is 21.5 Å². The van der Waals surface area contributed by atoms with Gasteiger partial charge in [-0.2, -0.15) is 0 Å². The Morgan fingerprint density at radius 1 is 0.545 bits per heavy atom. The van der Waals surface area contributed by atoms with Gasteiger partial charge in [-0.15, -0.1) is 0 Å². The van der Waals surface area contributed by atoms with E-state index >= 15 is 0 Å². The van der Waals surface area contributed by atoms with Crippen molar-refractivity contribution in [3.05, 3.63) is 84.4 Å². The molecule has 2 heterocycles. The fourth-order valence-electron chi connectivity index (χ4n) is 2.57. The molecule has 0 spiro atoms. The fourth-order valence-corrected chi connectivity index (χ4v) is 2.57. The van der Waals surface area contributed by atoms with Crippen molar-refractivity contribution in [2.45, 2.75) is 0 Å². The molecule has 102 valence electrons. The standard InChI is InChI=1S/C20H12N2/c1-3-7-19-15(5-1)11-21-13-17(19)9-10-18-14-22-12-16-6-2-4-8-20(16)18/h1-8,11-14H. The Morgan fingerprint density at radius 2 is 1.00 bits per heavy atom. The zero-order valence-corrected chi connectivity index (χ0v) is 11.8. The molecule has 0 saturated carbocycles. The predicted molar refractivity (Wildman–Crippen MR) is 89.5 cm³/mol. The van der Waals surface area contributed by atoms with Crippen LogP contribution in [0.5, 0.6) is 0 Å². The first-order chi connectivity index (χ1) is 10.9. The second-order valence-electron chi connectivity index (χ2n) is 5.07. The molecule has 0 amide bonds. The van der Waals surface area contributed by atoms with Gasteiger partial charge in [0.05, 0.1) is 11.1 Å². The molecule has 0 bridgehead atoms. The summed E-state index contributed by atoms with van der Waals surface area (Å²) in [4.78, 5) is 8.54. The highest BCUT2D eigenvalue weighted by atomic mass is 14.6. The van der Waals surface area contributed by atoms with Crippen LogP contribution in [0.1, 0.15) is 11.1 Å². The van der Waals surface area contributed by atoms with Gasteiger partial charge in [0.2, 0.25) is 0 Å². The number of hydrogen-bond donors (Lipinski definition) is 0. The highest BCUT2D eigenvalue weighted by Gasteiger charge is 1.99. The highest BCUT2D eigenvalue weighted by Crippen LogP contribution is 2.18. The Bertz CT molecular complexity index is 945. The average molecular weight is 280 g/mol. The van der Waals surface area contributed by atoms with Crippen LogP contribution in [0.4, 0.5) is 0 Å². The predicted octanol–water partition coefficient (Wildman–Crippen LogP) is 4.18. The van der Waals surface area contributed by atoms with Crippen LogP contribution in [0.15, 0.2) is 73.3 Å². The molecule has 0 aliphatic heterocycles. The van der Waals surface area contributed by atoms with E-state index in [1.165, 1.54) is 0 Å². The van der Waals surface area contributed by atoms with Gasteiger partial charge < -0.3 is 0 Å². The summed E-state index contributed by atoms with van der Waals surface area (Å²) >= 11 is 0. The van der Waals surface area contributed by atoms with Crippen molar-refractivity contribution in [1.29, 1.82) is 0 Å². The molecule has 2 heteroatoms. The molecule has 22 heavy (non-hydrogen) atoms. The Balaban J connectivity index is 1.88. The van der Waals surface area contributed by atoms with Crippen LogP contribution < -0.4 is 0 Å². The smallest absolute Gasteiger partial charge is 0.0510 e. The van der Waals surface area contributed by atoms with E-state index in [0.29, 0.717) is 0 Å². The minimum Gasteiger partial charge on any atom is -0.263 e. The Kier molecular flexibility index (Phi) is 3.03. The van der Waals surface area contributed by atoms with Gasteiger partial charge in [-0.3, -0.25) is 9.97 Å². The molecule has 0 unspecified atom stereocenters. The summed E-state index contributed by atoms with van der Waals surface area (Å²) < 4.78 is 0. The Morgan fingerprint density at radius 3 is 1.50 bits per heavy atom. The average Bonchev–Trinajstić information content (AvgIpc) is 2.60. The van der Waals surface area contributed by atoms with Gasteiger partial charge in [-0.05, 0) is 0 Å². The van der Waals surface area contributed by atoms with Crippen molar-refractivity contribution in [1.82, 2.24) is 9.97 Å². The lowest BCUT2D eigenvalue weighted by Gasteiger charge is -2.00. The van der Waals surface area contributed by atoms with Crippen molar-refractivity contribution >= 4 is 21.5 Å². The summed E-state index contributed by atoms with van der Waals surface area (Å²) in [5, 5.41) is 4.45. The first-order valence-electron chi connectivity index (χ1n) is 7.09. The molecule has 0 aliphatic carbocycles. The van der Waals surface area contributed by atoms with Crippen molar-refractivity contribution in [3.63, 3.8) is 0 Å². The third-order valence-electron chi connectivity index (χ3n) is 3.67. The van der Waals surface area contributed by atoms with Crippen LogP contribution in [0.2, 0.25) is 0 Å².